The average Bonchev–Trinajstić information content (AvgIpc) is 2.65. The van der Waals surface area contributed by atoms with Crippen molar-refractivity contribution in [2.45, 2.75) is 19.5 Å². The molecule has 2 aromatic rings. The van der Waals surface area contributed by atoms with Crippen molar-refractivity contribution in [2.75, 3.05) is 18.5 Å². The first-order valence-electron chi connectivity index (χ1n) is 8.29. The van der Waals surface area contributed by atoms with E-state index in [9.17, 15) is 18.4 Å². The molecule has 1 aliphatic heterocycles. The number of rotatable bonds is 7. The number of anilines is 1. The van der Waals surface area contributed by atoms with Gasteiger partial charge in [0.05, 0.1) is 0 Å². The summed E-state index contributed by atoms with van der Waals surface area (Å²) < 4.78 is 39.6. The van der Waals surface area contributed by atoms with Gasteiger partial charge in [0, 0.05) is 30.2 Å². The summed E-state index contributed by atoms with van der Waals surface area (Å²) in [6.45, 7) is -2.06. The van der Waals surface area contributed by atoms with Crippen LogP contribution in [0, 0.1) is 0 Å². The van der Waals surface area contributed by atoms with Gasteiger partial charge in [-0.25, -0.2) is 0 Å². The number of hydrogen-bond donors (Lipinski definition) is 1. The molecule has 0 aromatic heterocycles. The molecule has 0 spiro atoms. The number of ketones is 1. The fraction of sp³-hybridized carbons (Fsp3) is 0.263. The van der Waals surface area contributed by atoms with Crippen LogP contribution in [0.1, 0.15) is 23.2 Å². The number of benzene rings is 2. The lowest BCUT2D eigenvalue weighted by Gasteiger charge is -2.18. The second-order valence-electron chi connectivity index (χ2n) is 5.74. The zero-order chi connectivity index (χ0) is 19.2. The number of carbonyl (C=O) groups excluding carboxylic acids is 2. The predicted molar refractivity (Wildman–Crippen MR) is 92.7 cm³/mol. The smallest absolute Gasteiger partial charge is 0.387 e. The van der Waals surface area contributed by atoms with Gasteiger partial charge in [0.1, 0.15) is 19.0 Å². The van der Waals surface area contributed by atoms with Gasteiger partial charge in [-0.05, 0) is 30.3 Å². The Bertz CT molecular complexity index is 841. The molecule has 1 amide bonds. The first-order valence-corrected chi connectivity index (χ1v) is 8.29. The Hall–Kier alpha value is -3.16. The quantitative estimate of drug-likeness (QED) is 0.746. The standard InChI is InChI=1S/C19H17F2NO5/c20-19(21)27-14-3-1-2-13(11-14)22-18(24)7-5-15(23)12-4-6-16-17(10-12)26-9-8-25-16/h1-4,6,10-11,19H,5,7-9H2,(H,22,24). The van der Waals surface area contributed by atoms with Gasteiger partial charge in [-0.15, -0.1) is 0 Å². The van der Waals surface area contributed by atoms with Crippen molar-refractivity contribution < 1.29 is 32.6 Å². The first-order chi connectivity index (χ1) is 13.0. The molecule has 0 saturated carbocycles. The second kappa shape index (κ2) is 8.48. The van der Waals surface area contributed by atoms with Crippen LogP contribution >= 0.6 is 0 Å². The summed E-state index contributed by atoms with van der Waals surface area (Å²) >= 11 is 0. The third-order valence-electron chi connectivity index (χ3n) is 3.79. The van der Waals surface area contributed by atoms with Gasteiger partial charge in [0.2, 0.25) is 5.91 Å². The number of amides is 1. The number of halogens is 2. The summed E-state index contributed by atoms with van der Waals surface area (Å²) in [5.74, 6) is 0.413. The van der Waals surface area contributed by atoms with E-state index in [1.807, 2.05) is 0 Å². The van der Waals surface area contributed by atoms with Gasteiger partial charge >= 0.3 is 6.61 Å². The number of nitrogens with one attached hydrogen (secondary N) is 1. The Labute approximate surface area is 154 Å². The van der Waals surface area contributed by atoms with Gasteiger partial charge in [0.15, 0.2) is 17.3 Å². The molecular formula is C19H17F2NO5. The monoisotopic (exact) mass is 377 g/mol. The van der Waals surface area contributed by atoms with E-state index in [4.69, 9.17) is 9.47 Å². The Morgan fingerprint density at radius 2 is 1.81 bits per heavy atom. The predicted octanol–water partition coefficient (Wildman–Crippen LogP) is 3.66. The third-order valence-corrected chi connectivity index (χ3v) is 3.79. The molecule has 0 saturated heterocycles. The molecule has 0 atom stereocenters. The summed E-state index contributed by atoms with van der Waals surface area (Å²) in [5.41, 5.74) is 0.740. The SMILES string of the molecule is O=C(CCC(=O)c1ccc2c(c1)OCCO2)Nc1cccc(OC(F)F)c1. The number of Topliss-reactive ketones (excluding diaryl/α,β-unsaturated/α-hetero) is 1. The molecule has 0 aliphatic carbocycles. The minimum atomic E-state index is -2.94. The van der Waals surface area contributed by atoms with Crippen LogP contribution in [0.5, 0.6) is 17.2 Å². The molecule has 1 N–H and O–H groups in total. The zero-order valence-corrected chi connectivity index (χ0v) is 14.2. The lowest BCUT2D eigenvalue weighted by molar-refractivity contribution is -0.116. The molecule has 1 heterocycles. The van der Waals surface area contributed by atoms with Crippen LogP contribution in [-0.4, -0.2) is 31.5 Å². The van der Waals surface area contributed by atoms with Crippen molar-refractivity contribution in [3.05, 3.63) is 48.0 Å². The Balaban J connectivity index is 1.54. The third kappa shape index (κ3) is 5.16. The van der Waals surface area contributed by atoms with Gasteiger partial charge in [-0.3, -0.25) is 9.59 Å². The van der Waals surface area contributed by atoms with Crippen molar-refractivity contribution in [3.63, 3.8) is 0 Å². The van der Waals surface area contributed by atoms with Crippen LogP contribution < -0.4 is 19.5 Å². The van der Waals surface area contributed by atoms with Crippen LogP contribution in [0.3, 0.4) is 0 Å². The van der Waals surface area contributed by atoms with E-state index in [0.717, 1.165) is 0 Å². The molecular weight excluding hydrogens is 360 g/mol. The van der Waals surface area contributed by atoms with Crippen molar-refractivity contribution in [1.29, 1.82) is 0 Å². The number of hydrogen-bond acceptors (Lipinski definition) is 5. The molecule has 0 radical (unpaired) electrons. The van der Waals surface area contributed by atoms with E-state index >= 15 is 0 Å². The van der Waals surface area contributed by atoms with Crippen LogP contribution in [0.25, 0.3) is 0 Å². The summed E-state index contributed by atoms with van der Waals surface area (Å²) in [6.07, 6.45) is -0.0497. The highest BCUT2D eigenvalue weighted by atomic mass is 19.3. The molecule has 6 nitrogen and oxygen atoms in total. The Morgan fingerprint density at radius 1 is 1.04 bits per heavy atom. The van der Waals surface area contributed by atoms with E-state index in [2.05, 4.69) is 10.1 Å². The van der Waals surface area contributed by atoms with E-state index in [1.165, 1.54) is 18.2 Å². The van der Waals surface area contributed by atoms with E-state index < -0.39 is 12.5 Å². The maximum atomic E-state index is 12.3. The first kappa shape index (κ1) is 18.6. The van der Waals surface area contributed by atoms with Crippen molar-refractivity contribution in [3.8, 4) is 17.2 Å². The van der Waals surface area contributed by atoms with E-state index in [1.54, 1.807) is 24.3 Å². The fourth-order valence-corrected chi connectivity index (χ4v) is 2.56. The van der Waals surface area contributed by atoms with Gasteiger partial charge in [-0.1, -0.05) is 6.07 Å². The molecule has 142 valence electrons. The van der Waals surface area contributed by atoms with E-state index in [0.29, 0.717) is 36.0 Å². The summed E-state index contributed by atoms with van der Waals surface area (Å²) in [4.78, 5) is 24.3. The number of alkyl halides is 2. The Kier molecular flexibility index (Phi) is 5.85. The highest BCUT2D eigenvalue weighted by Crippen LogP contribution is 2.31. The van der Waals surface area contributed by atoms with Crippen LogP contribution in [0.4, 0.5) is 14.5 Å². The van der Waals surface area contributed by atoms with Crippen molar-refractivity contribution in [1.82, 2.24) is 0 Å². The lowest BCUT2D eigenvalue weighted by atomic mass is 10.1. The largest absolute Gasteiger partial charge is 0.486 e. The average molecular weight is 377 g/mol. The fourth-order valence-electron chi connectivity index (χ4n) is 2.56. The maximum absolute atomic E-state index is 12.3. The Morgan fingerprint density at radius 3 is 2.59 bits per heavy atom. The highest BCUT2D eigenvalue weighted by molar-refractivity contribution is 6.00. The van der Waals surface area contributed by atoms with Crippen LogP contribution in [-0.2, 0) is 4.79 Å². The number of fused-ring (bicyclic) bond motifs is 1. The maximum Gasteiger partial charge on any atom is 0.387 e. The topological polar surface area (TPSA) is 73.9 Å². The number of ether oxygens (including phenoxy) is 3. The molecule has 0 fully saturated rings. The molecule has 1 aliphatic rings. The van der Waals surface area contributed by atoms with Crippen LogP contribution in [0.2, 0.25) is 0 Å². The minimum Gasteiger partial charge on any atom is -0.486 e. The van der Waals surface area contributed by atoms with Crippen LogP contribution in [0.15, 0.2) is 42.5 Å². The zero-order valence-electron chi connectivity index (χ0n) is 14.2. The van der Waals surface area contributed by atoms with Gasteiger partial charge in [0.25, 0.3) is 0 Å². The molecule has 8 heteroatoms. The van der Waals surface area contributed by atoms with Crippen molar-refractivity contribution >= 4 is 17.4 Å². The molecule has 0 bridgehead atoms. The van der Waals surface area contributed by atoms with E-state index in [-0.39, 0.29) is 24.4 Å². The highest BCUT2D eigenvalue weighted by Gasteiger charge is 2.16. The summed E-state index contributed by atoms with van der Waals surface area (Å²) in [6, 6.07) is 10.5. The normalized spacial score (nSPS) is 12.6. The second-order valence-corrected chi connectivity index (χ2v) is 5.74. The minimum absolute atomic E-state index is 0.00129. The molecule has 2 aromatic carbocycles. The lowest BCUT2D eigenvalue weighted by Crippen LogP contribution is -2.16. The molecule has 0 unspecified atom stereocenters. The number of carbonyl (C=O) groups is 2. The summed E-state index contributed by atoms with van der Waals surface area (Å²) in [5, 5.41) is 2.55. The summed E-state index contributed by atoms with van der Waals surface area (Å²) in [7, 11) is 0. The molecule has 27 heavy (non-hydrogen) atoms. The molecule has 3 rings (SSSR count). The van der Waals surface area contributed by atoms with Gasteiger partial charge in [-0.2, -0.15) is 8.78 Å². The van der Waals surface area contributed by atoms with Crippen molar-refractivity contribution in [2.24, 2.45) is 0 Å². The van der Waals surface area contributed by atoms with Gasteiger partial charge < -0.3 is 19.5 Å².